The normalized spacial score (nSPS) is 17.9. The van der Waals surface area contributed by atoms with Crippen molar-refractivity contribution in [2.75, 3.05) is 44.3 Å². The number of piperidine rings is 1. The average Bonchev–Trinajstić information content (AvgIpc) is 2.80. The maximum Gasteiger partial charge on any atom is 0.270 e. The van der Waals surface area contributed by atoms with E-state index in [0.717, 1.165) is 17.2 Å². The first-order valence-corrected chi connectivity index (χ1v) is 11.8. The standard InChI is InChI=1S/C22H24FN3O5S/c23-19-3-1-2-18(15-19)14-17-6-8-24(9-7-17)21-5-4-20(26(27)28)16-22(21)32(29,30)25-10-12-31-13-11-25/h1-5,14-16H,6-13H2. The molecule has 0 N–H and O–H groups in total. The smallest absolute Gasteiger partial charge is 0.270 e. The zero-order valence-electron chi connectivity index (χ0n) is 17.4. The molecule has 32 heavy (non-hydrogen) atoms. The summed E-state index contributed by atoms with van der Waals surface area (Å²) in [4.78, 5) is 12.6. The average molecular weight is 462 g/mol. The van der Waals surface area contributed by atoms with Crippen LogP contribution in [-0.2, 0) is 14.8 Å². The van der Waals surface area contributed by atoms with Gasteiger partial charge in [0.15, 0.2) is 0 Å². The highest BCUT2D eigenvalue weighted by Gasteiger charge is 2.32. The third-order valence-electron chi connectivity index (χ3n) is 5.71. The van der Waals surface area contributed by atoms with Crippen LogP contribution in [0.2, 0.25) is 0 Å². The number of hydrogen-bond donors (Lipinski definition) is 0. The molecule has 2 aromatic carbocycles. The minimum Gasteiger partial charge on any atom is -0.379 e. The van der Waals surface area contributed by atoms with E-state index in [1.54, 1.807) is 6.07 Å². The van der Waals surface area contributed by atoms with E-state index in [4.69, 9.17) is 4.74 Å². The third kappa shape index (κ3) is 4.82. The van der Waals surface area contributed by atoms with Gasteiger partial charge in [-0.2, -0.15) is 4.31 Å². The number of rotatable bonds is 5. The summed E-state index contributed by atoms with van der Waals surface area (Å²) in [5.74, 6) is -0.291. The third-order valence-corrected chi connectivity index (χ3v) is 7.64. The highest BCUT2D eigenvalue weighted by Crippen LogP contribution is 2.34. The Labute approximate surface area is 186 Å². The minimum atomic E-state index is -3.91. The van der Waals surface area contributed by atoms with Crippen molar-refractivity contribution in [3.05, 3.63) is 69.5 Å². The predicted molar refractivity (Wildman–Crippen MR) is 118 cm³/mol. The van der Waals surface area contributed by atoms with Crippen molar-refractivity contribution >= 4 is 27.5 Å². The van der Waals surface area contributed by atoms with Crippen LogP contribution in [0, 0.1) is 15.9 Å². The Morgan fingerprint density at radius 3 is 2.41 bits per heavy atom. The summed E-state index contributed by atoms with van der Waals surface area (Å²) >= 11 is 0. The van der Waals surface area contributed by atoms with Crippen LogP contribution in [0.25, 0.3) is 6.08 Å². The van der Waals surface area contributed by atoms with Gasteiger partial charge in [0.25, 0.3) is 5.69 Å². The Morgan fingerprint density at radius 2 is 1.75 bits per heavy atom. The largest absolute Gasteiger partial charge is 0.379 e. The van der Waals surface area contributed by atoms with E-state index in [2.05, 4.69) is 0 Å². The SMILES string of the molecule is O=[N+]([O-])c1ccc(N2CCC(=Cc3cccc(F)c3)CC2)c(S(=O)(=O)N2CCOCC2)c1. The van der Waals surface area contributed by atoms with E-state index >= 15 is 0 Å². The van der Waals surface area contributed by atoms with Gasteiger partial charge in [-0.3, -0.25) is 10.1 Å². The second-order valence-electron chi connectivity index (χ2n) is 7.77. The van der Waals surface area contributed by atoms with Gasteiger partial charge in [-0.15, -0.1) is 0 Å². The van der Waals surface area contributed by atoms with E-state index in [-0.39, 0.29) is 29.5 Å². The molecule has 0 radical (unpaired) electrons. The lowest BCUT2D eigenvalue weighted by atomic mass is 10.0. The summed E-state index contributed by atoms with van der Waals surface area (Å²) in [5, 5.41) is 11.3. The highest BCUT2D eigenvalue weighted by atomic mass is 32.2. The van der Waals surface area contributed by atoms with Gasteiger partial charge in [-0.05, 0) is 36.6 Å². The minimum absolute atomic E-state index is 0.0499. The number of ether oxygens (including phenoxy) is 1. The van der Waals surface area contributed by atoms with Crippen LogP contribution in [0.1, 0.15) is 18.4 Å². The summed E-state index contributed by atoms with van der Waals surface area (Å²) < 4.78 is 46.7. The van der Waals surface area contributed by atoms with E-state index in [1.807, 2.05) is 17.0 Å². The zero-order valence-corrected chi connectivity index (χ0v) is 18.3. The van der Waals surface area contributed by atoms with Crippen LogP contribution in [0.3, 0.4) is 0 Å². The summed E-state index contributed by atoms with van der Waals surface area (Å²) in [6.45, 7) is 2.13. The van der Waals surface area contributed by atoms with Gasteiger partial charge >= 0.3 is 0 Å². The molecule has 0 amide bonds. The van der Waals surface area contributed by atoms with Gasteiger partial charge in [-0.1, -0.05) is 23.8 Å². The van der Waals surface area contributed by atoms with Crippen LogP contribution < -0.4 is 4.90 Å². The Morgan fingerprint density at radius 1 is 1.03 bits per heavy atom. The molecule has 8 nitrogen and oxygen atoms in total. The lowest BCUT2D eigenvalue weighted by molar-refractivity contribution is -0.385. The first kappa shape index (κ1) is 22.4. The first-order valence-electron chi connectivity index (χ1n) is 10.4. The summed E-state index contributed by atoms with van der Waals surface area (Å²) in [7, 11) is -3.91. The molecule has 0 aliphatic carbocycles. The number of morpholine rings is 1. The van der Waals surface area contributed by atoms with Crippen molar-refractivity contribution in [2.45, 2.75) is 17.7 Å². The summed E-state index contributed by atoms with van der Waals surface area (Å²) in [6.07, 6.45) is 3.33. The number of benzene rings is 2. The molecule has 2 aliphatic heterocycles. The van der Waals surface area contributed by atoms with Crippen LogP contribution in [0.15, 0.2) is 52.9 Å². The molecular weight excluding hydrogens is 437 g/mol. The topological polar surface area (TPSA) is 93.0 Å². The number of hydrogen-bond acceptors (Lipinski definition) is 6. The van der Waals surface area contributed by atoms with Crippen LogP contribution in [0.5, 0.6) is 0 Å². The van der Waals surface area contributed by atoms with E-state index in [9.17, 15) is 22.9 Å². The molecule has 10 heteroatoms. The number of sulfonamides is 1. The highest BCUT2D eigenvalue weighted by molar-refractivity contribution is 7.89. The summed E-state index contributed by atoms with van der Waals surface area (Å²) in [6, 6.07) is 10.4. The molecule has 0 saturated carbocycles. The van der Waals surface area contributed by atoms with E-state index in [0.29, 0.717) is 44.8 Å². The molecule has 4 rings (SSSR count). The van der Waals surface area contributed by atoms with Gasteiger partial charge in [-0.25, -0.2) is 12.8 Å². The fourth-order valence-corrected chi connectivity index (χ4v) is 5.66. The van der Waals surface area contributed by atoms with Crippen LogP contribution in [-0.4, -0.2) is 57.0 Å². The second-order valence-corrected chi connectivity index (χ2v) is 9.68. The molecule has 0 bridgehead atoms. The molecule has 2 fully saturated rings. The maximum atomic E-state index is 13.4. The van der Waals surface area contributed by atoms with Crippen LogP contribution in [0.4, 0.5) is 15.8 Å². The van der Waals surface area contributed by atoms with Crippen LogP contribution >= 0.6 is 0 Å². The zero-order chi connectivity index (χ0) is 22.7. The predicted octanol–water partition coefficient (Wildman–Crippen LogP) is 3.44. The fraction of sp³-hybridized carbons (Fsp3) is 0.364. The van der Waals surface area contributed by atoms with Crippen molar-refractivity contribution < 1.29 is 22.5 Å². The van der Waals surface area contributed by atoms with Crippen molar-refractivity contribution in [1.29, 1.82) is 0 Å². The molecule has 2 heterocycles. The number of non-ortho nitro benzene ring substituents is 1. The number of nitro groups is 1. The van der Waals surface area contributed by atoms with E-state index < -0.39 is 14.9 Å². The molecule has 0 atom stereocenters. The molecule has 2 aromatic rings. The molecule has 0 aromatic heterocycles. The second kappa shape index (κ2) is 9.35. The lowest BCUT2D eigenvalue weighted by Crippen LogP contribution is -2.41. The monoisotopic (exact) mass is 461 g/mol. The number of nitro benzene ring substituents is 1. The van der Waals surface area contributed by atoms with Crippen molar-refractivity contribution in [3.63, 3.8) is 0 Å². The van der Waals surface area contributed by atoms with Gasteiger partial charge < -0.3 is 9.64 Å². The lowest BCUT2D eigenvalue weighted by Gasteiger charge is -2.33. The van der Waals surface area contributed by atoms with Gasteiger partial charge in [0.05, 0.1) is 23.8 Å². The Kier molecular flexibility index (Phi) is 6.54. The summed E-state index contributed by atoms with van der Waals surface area (Å²) in [5.41, 5.74) is 2.14. The first-order chi connectivity index (χ1) is 15.3. The molecule has 0 spiro atoms. The van der Waals surface area contributed by atoms with Crippen molar-refractivity contribution in [3.8, 4) is 0 Å². The Bertz CT molecular complexity index is 1140. The quantitative estimate of drug-likeness (QED) is 0.500. The number of halogens is 1. The Balaban J connectivity index is 1.60. The fourth-order valence-electron chi connectivity index (χ4n) is 4.02. The maximum absolute atomic E-state index is 13.4. The molecule has 0 unspecified atom stereocenters. The number of anilines is 1. The van der Waals surface area contributed by atoms with Gasteiger partial charge in [0.2, 0.25) is 10.0 Å². The molecule has 2 aliphatic rings. The van der Waals surface area contributed by atoms with E-state index in [1.165, 1.54) is 28.6 Å². The molecule has 2 saturated heterocycles. The molecular formula is C22H24FN3O5S. The number of nitrogens with zero attached hydrogens (tertiary/aromatic N) is 3. The van der Waals surface area contributed by atoms with Gasteiger partial charge in [0.1, 0.15) is 10.7 Å². The van der Waals surface area contributed by atoms with Crippen molar-refractivity contribution in [1.82, 2.24) is 4.31 Å². The van der Waals surface area contributed by atoms with Gasteiger partial charge in [0, 0.05) is 38.3 Å². The van der Waals surface area contributed by atoms with Crippen molar-refractivity contribution in [2.24, 2.45) is 0 Å². The Hall–Kier alpha value is -2.82. The molecule has 170 valence electrons.